The third-order valence-electron chi connectivity index (χ3n) is 3.21. The second-order valence-corrected chi connectivity index (χ2v) is 4.72. The van der Waals surface area contributed by atoms with Crippen molar-refractivity contribution in [2.24, 2.45) is 0 Å². The smallest absolute Gasteiger partial charge is 0.159 e. The Morgan fingerprint density at radius 1 is 1.14 bits per heavy atom. The lowest BCUT2D eigenvalue weighted by molar-refractivity contribution is 0.623. The summed E-state index contributed by atoms with van der Waals surface area (Å²) in [7, 11) is 0. The maximum atomic E-state index is 13.3. The molecular weight excluding hydrogens is 267 g/mol. The zero-order valence-corrected chi connectivity index (χ0v) is 11.7. The highest BCUT2D eigenvalue weighted by Gasteiger charge is 2.09. The minimum atomic E-state index is -0.232. The molecule has 0 aliphatic rings. The average Bonchev–Trinajstić information content (AvgIpc) is 2.95. The van der Waals surface area contributed by atoms with Crippen LogP contribution in [0.5, 0.6) is 0 Å². The van der Waals surface area contributed by atoms with E-state index in [2.05, 4.69) is 15.0 Å². The molecule has 0 bridgehead atoms. The summed E-state index contributed by atoms with van der Waals surface area (Å²) in [5.74, 6) is 1.31. The monoisotopic (exact) mass is 282 g/mol. The first-order valence-electron chi connectivity index (χ1n) is 6.84. The lowest BCUT2D eigenvalue weighted by Crippen LogP contribution is -2.03. The van der Waals surface area contributed by atoms with Gasteiger partial charge in [-0.15, -0.1) is 0 Å². The topological polar surface area (TPSA) is 43.6 Å². The molecule has 2 heterocycles. The number of imidazole rings is 1. The molecule has 5 heteroatoms. The van der Waals surface area contributed by atoms with E-state index in [9.17, 15) is 4.39 Å². The number of rotatable bonds is 4. The van der Waals surface area contributed by atoms with Crippen LogP contribution < -0.4 is 0 Å². The van der Waals surface area contributed by atoms with Gasteiger partial charge in [-0.2, -0.15) is 0 Å². The molecule has 0 spiro atoms. The maximum Gasteiger partial charge on any atom is 0.159 e. The van der Waals surface area contributed by atoms with Crippen molar-refractivity contribution >= 4 is 0 Å². The number of nitrogens with zero attached hydrogens (tertiary/aromatic N) is 4. The van der Waals surface area contributed by atoms with Gasteiger partial charge >= 0.3 is 0 Å². The van der Waals surface area contributed by atoms with Crippen LogP contribution in [-0.4, -0.2) is 19.5 Å². The van der Waals surface area contributed by atoms with Crippen LogP contribution in [-0.2, 0) is 13.0 Å². The van der Waals surface area contributed by atoms with Crippen molar-refractivity contribution in [2.75, 3.05) is 0 Å². The van der Waals surface area contributed by atoms with Gasteiger partial charge in [0.2, 0.25) is 0 Å². The molecule has 0 N–H and O–H groups in total. The minimum absolute atomic E-state index is 0.232. The Morgan fingerprint density at radius 3 is 2.86 bits per heavy atom. The maximum absolute atomic E-state index is 13.3. The molecule has 3 rings (SSSR count). The van der Waals surface area contributed by atoms with Crippen molar-refractivity contribution in [2.45, 2.75) is 19.9 Å². The fraction of sp³-hybridized carbons (Fsp3) is 0.188. The summed E-state index contributed by atoms with van der Waals surface area (Å²) in [6.45, 7) is 2.57. The molecule has 0 saturated heterocycles. The van der Waals surface area contributed by atoms with E-state index in [1.807, 2.05) is 29.8 Å². The highest BCUT2D eigenvalue weighted by molar-refractivity contribution is 5.49. The Morgan fingerprint density at radius 2 is 2.05 bits per heavy atom. The molecule has 0 atom stereocenters. The van der Waals surface area contributed by atoms with Crippen molar-refractivity contribution < 1.29 is 4.39 Å². The van der Waals surface area contributed by atoms with E-state index in [0.717, 1.165) is 29.3 Å². The molecule has 1 aromatic carbocycles. The Bertz CT molecular complexity index is 751. The highest BCUT2D eigenvalue weighted by Crippen LogP contribution is 2.16. The Labute approximate surface area is 122 Å². The van der Waals surface area contributed by atoms with Crippen LogP contribution >= 0.6 is 0 Å². The Balaban J connectivity index is 1.93. The van der Waals surface area contributed by atoms with Gasteiger partial charge in [0.1, 0.15) is 17.3 Å². The number of aryl methyl sites for hydroxylation is 1. The van der Waals surface area contributed by atoms with Gasteiger partial charge in [0.15, 0.2) is 5.82 Å². The van der Waals surface area contributed by atoms with Crippen LogP contribution in [0.15, 0.2) is 48.9 Å². The number of benzene rings is 1. The summed E-state index contributed by atoms with van der Waals surface area (Å²) >= 11 is 0. The standard InChI is InChI=1S/C16H15FN4/c1-2-15-18-7-6-14(20-15)16-19-8-9-21(16)11-12-4-3-5-13(17)10-12/h3-10H,2,11H2,1H3. The van der Waals surface area contributed by atoms with E-state index in [0.29, 0.717) is 6.54 Å². The molecule has 2 aromatic heterocycles. The summed E-state index contributed by atoms with van der Waals surface area (Å²) in [5, 5.41) is 0. The van der Waals surface area contributed by atoms with E-state index in [4.69, 9.17) is 0 Å². The zero-order chi connectivity index (χ0) is 14.7. The van der Waals surface area contributed by atoms with Crippen molar-refractivity contribution in [3.05, 3.63) is 66.1 Å². The molecule has 21 heavy (non-hydrogen) atoms. The van der Waals surface area contributed by atoms with Crippen LogP contribution in [0.4, 0.5) is 4.39 Å². The first-order chi connectivity index (χ1) is 10.3. The van der Waals surface area contributed by atoms with E-state index in [1.54, 1.807) is 18.5 Å². The van der Waals surface area contributed by atoms with E-state index >= 15 is 0 Å². The second-order valence-electron chi connectivity index (χ2n) is 4.72. The molecule has 106 valence electrons. The van der Waals surface area contributed by atoms with Crippen LogP contribution in [0.3, 0.4) is 0 Å². The molecule has 0 aliphatic heterocycles. The normalized spacial score (nSPS) is 10.8. The molecule has 4 nitrogen and oxygen atoms in total. The Hall–Kier alpha value is -2.56. The van der Waals surface area contributed by atoms with Crippen molar-refractivity contribution in [1.82, 2.24) is 19.5 Å². The molecule has 0 aliphatic carbocycles. The Kier molecular flexibility index (Phi) is 3.73. The number of hydrogen-bond acceptors (Lipinski definition) is 3. The van der Waals surface area contributed by atoms with Crippen LogP contribution in [0.1, 0.15) is 18.3 Å². The second kappa shape index (κ2) is 5.83. The lowest BCUT2D eigenvalue weighted by Gasteiger charge is -2.08. The van der Waals surface area contributed by atoms with Gasteiger partial charge in [-0.3, -0.25) is 0 Å². The minimum Gasteiger partial charge on any atom is -0.325 e. The quantitative estimate of drug-likeness (QED) is 0.738. The van der Waals surface area contributed by atoms with Crippen LogP contribution in [0.25, 0.3) is 11.5 Å². The molecule has 0 amide bonds. The molecule has 0 unspecified atom stereocenters. The van der Waals surface area contributed by atoms with Gasteiger partial charge in [0.25, 0.3) is 0 Å². The SMILES string of the molecule is CCc1nccc(-c2nccn2Cc2cccc(F)c2)n1. The molecule has 0 fully saturated rings. The zero-order valence-electron chi connectivity index (χ0n) is 11.7. The third-order valence-corrected chi connectivity index (χ3v) is 3.21. The molecule has 0 saturated carbocycles. The van der Waals surface area contributed by atoms with E-state index < -0.39 is 0 Å². The largest absolute Gasteiger partial charge is 0.325 e. The number of hydrogen-bond donors (Lipinski definition) is 0. The van der Waals surface area contributed by atoms with Gasteiger partial charge in [-0.25, -0.2) is 19.3 Å². The van der Waals surface area contributed by atoms with Crippen LogP contribution in [0.2, 0.25) is 0 Å². The van der Waals surface area contributed by atoms with E-state index in [1.165, 1.54) is 12.1 Å². The highest BCUT2D eigenvalue weighted by atomic mass is 19.1. The van der Waals surface area contributed by atoms with Gasteiger partial charge in [-0.1, -0.05) is 19.1 Å². The van der Waals surface area contributed by atoms with Crippen molar-refractivity contribution in [3.63, 3.8) is 0 Å². The number of halogens is 1. The van der Waals surface area contributed by atoms with Gasteiger partial charge in [-0.05, 0) is 23.8 Å². The summed E-state index contributed by atoms with van der Waals surface area (Å²) in [5.41, 5.74) is 1.67. The fourth-order valence-electron chi connectivity index (χ4n) is 2.20. The molecule has 0 radical (unpaired) electrons. The number of aromatic nitrogens is 4. The van der Waals surface area contributed by atoms with Crippen molar-refractivity contribution in [3.8, 4) is 11.5 Å². The molecule has 3 aromatic rings. The summed E-state index contributed by atoms with van der Waals surface area (Å²) in [6.07, 6.45) is 6.11. The average molecular weight is 282 g/mol. The first-order valence-corrected chi connectivity index (χ1v) is 6.84. The molecular formula is C16H15FN4. The van der Waals surface area contributed by atoms with Crippen LogP contribution in [0, 0.1) is 5.82 Å². The fourth-order valence-corrected chi connectivity index (χ4v) is 2.20. The van der Waals surface area contributed by atoms with Gasteiger partial charge in [0.05, 0.1) is 0 Å². The summed E-state index contributed by atoms with van der Waals surface area (Å²) < 4.78 is 15.2. The van der Waals surface area contributed by atoms with Gasteiger partial charge in [0, 0.05) is 31.6 Å². The lowest BCUT2D eigenvalue weighted by atomic mass is 10.2. The third kappa shape index (κ3) is 2.97. The predicted octanol–water partition coefficient (Wildman–Crippen LogP) is 3.09. The summed E-state index contributed by atoms with van der Waals surface area (Å²) in [6, 6.07) is 8.41. The van der Waals surface area contributed by atoms with E-state index in [-0.39, 0.29) is 5.82 Å². The summed E-state index contributed by atoms with van der Waals surface area (Å²) in [4.78, 5) is 13.0. The first kappa shape index (κ1) is 13.4. The van der Waals surface area contributed by atoms with Gasteiger partial charge < -0.3 is 4.57 Å². The predicted molar refractivity (Wildman–Crippen MR) is 78.1 cm³/mol. The van der Waals surface area contributed by atoms with Crippen molar-refractivity contribution in [1.29, 1.82) is 0 Å².